The van der Waals surface area contributed by atoms with Crippen molar-refractivity contribution in [3.8, 4) is 0 Å². The molecule has 4 heteroatoms. The fraction of sp³-hybridized carbons (Fsp3) is 0.211. The average molecular weight is 305 g/mol. The Balaban J connectivity index is 1.94. The number of nitrogens with two attached hydrogens (primary N) is 1. The number of para-hydroxylation sites is 1. The lowest BCUT2D eigenvalue weighted by atomic mass is 10.1. The van der Waals surface area contributed by atoms with Gasteiger partial charge in [-0.1, -0.05) is 42.5 Å². The second-order valence-electron chi connectivity index (χ2n) is 6.06. The van der Waals surface area contributed by atoms with Crippen LogP contribution in [0.15, 0.2) is 48.5 Å². The molecule has 1 heterocycles. The van der Waals surface area contributed by atoms with Crippen LogP contribution in [0.2, 0.25) is 0 Å². The van der Waals surface area contributed by atoms with E-state index in [2.05, 4.69) is 40.2 Å². The molecule has 0 unspecified atom stereocenters. The van der Waals surface area contributed by atoms with Gasteiger partial charge in [-0.25, -0.2) is 0 Å². The second kappa shape index (κ2) is 5.16. The van der Waals surface area contributed by atoms with Gasteiger partial charge in [0.2, 0.25) is 0 Å². The Kier molecular flexibility index (Phi) is 3.11. The monoisotopic (exact) mass is 305 g/mol. The summed E-state index contributed by atoms with van der Waals surface area (Å²) >= 11 is 0. The topological polar surface area (TPSA) is 60.0 Å². The third-order valence-electron chi connectivity index (χ3n) is 4.79. The quantitative estimate of drug-likeness (QED) is 0.781. The van der Waals surface area contributed by atoms with Gasteiger partial charge in [-0.15, -0.1) is 0 Å². The maximum Gasteiger partial charge on any atom is 0.267 e. The van der Waals surface area contributed by atoms with E-state index >= 15 is 0 Å². The first kappa shape index (κ1) is 13.9. The number of carbonyl (C=O) groups excluding carboxylic acids is 1. The highest BCUT2D eigenvalue weighted by molar-refractivity contribution is 6.08. The van der Waals surface area contributed by atoms with Crippen LogP contribution in [0.5, 0.6) is 0 Å². The molecule has 116 valence electrons. The summed E-state index contributed by atoms with van der Waals surface area (Å²) < 4.78 is 2.13. The van der Waals surface area contributed by atoms with Crippen molar-refractivity contribution in [3.63, 3.8) is 0 Å². The number of aromatic nitrogens is 1. The Hall–Kier alpha value is -2.75. The molecule has 4 nitrogen and oxygen atoms in total. The second-order valence-corrected chi connectivity index (χ2v) is 6.06. The van der Waals surface area contributed by atoms with E-state index in [1.165, 1.54) is 11.1 Å². The molecule has 1 aliphatic rings. The third-order valence-corrected chi connectivity index (χ3v) is 4.79. The van der Waals surface area contributed by atoms with Crippen LogP contribution in [0.3, 0.4) is 0 Å². The lowest BCUT2D eigenvalue weighted by molar-refractivity contribution is 0.0991. The van der Waals surface area contributed by atoms with Gasteiger partial charge < -0.3 is 15.6 Å². The molecule has 3 aromatic rings. The summed E-state index contributed by atoms with van der Waals surface area (Å²) in [5, 5.41) is 4.20. The molecular formula is C19H19N3O. The molecule has 0 aliphatic heterocycles. The summed E-state index contributed by atoms with van der Waals surface area (Å²) in [6.45, 7) is 0. The molecule has 0 saturated heterocycles. The van der Waals surface area contributed by atoms with Crippen molar-refractivity contribution in [1.29, 1.82) is 0 Å². The largest absolute Gasteiger partial charge is 0.386 e. The van der Waals surface area contributed by atoms with Crippen molar-refractivity contribution in [2.24, 2.45) is 5.73 Å². The van der Waals surface area contributed by atoms with Crippen molar-refractivity contribution < 1.29 is 4.79 Å². The van der Waals surface area contributed by atoms with E-state index in [1.807, 2.05) is 25.2 Å². The number of carbonyl (C=O) groups is 1. The first-order chi connectivity index (χ1) is 11.2. The van der Waals surface area contributed by atoms with Crippen LogP contribution in [0.1, 0.15) is 27.7 Å². The van der Waals surface area contributed by atoms with Crippen LogP contribution in [0, 0.1) is 0 Å². The Morgan fingerprint density at radius 2 is 1.70 bits per heavy atom. The maximum atomic E-state index is 12.2. The van der Waals surface area contributed by atoms with Crippen LogP contribution in [-0.4, -0.2) is 17.5 Å². The number of anilines is 1. The van der Waals surface area contributed by atoms with Crippen LogP contribution in [0.4, 0.5) is 5.69 Å². The summed E-state index contributed by atoms with van der Waals surface area (Å²) in [7, 11) is 1.84. The molecule has 0 saturated carbocycles. The minimum absolute atomic E-state index is 0.224. The van der Waals surface area contributed by atoms with Gasteiger partial charge in [-0.3, -0.25) is 4.79 Å². The first-order valence-corrected chi connectivity index (χ1v) is 7.88. The fourth-order valence-electron chi connectivity index (χ4n) is 3.86. The summed E-state index contributed by atoms with van der Waals surface area (Å²) in [6.07, 6.45) is 1.86. The fourth-order valence-corrected chi connectivity index (χ4v) is 3.86. The molecule has 1 aromatic heterocycles. The number of nitrogens with one attached hydrogen (secondary N) is 1. The molecule has 23 heavy (non-hydrogen) atoms. The summed E-state index contributed by atoms with van der Waals surface area (Å²) in [5.74, 6) is -0.387. The first-order valence-electron chi connectivity index (χ1n) is 7.88. The molecule has 0 atom stereocenters. The van der Waals surface area contributed by atoms with E-state index in [0.717, 1.165) is 29.4 Å². The Morgan fingerprint density at radius 3 is 2.30 bits per heavy atom. The number of primary amides is 1. The van der Waals surface area contributed by atoms with E-state index in [0.29, 0.717) is 5.69 Å². The predicted molar refractivity (Wildman–Crippen MR) is 92.9 cm³/mol. The van der Waals surface area contributed by atoms with Crippen molar-refractivity contribution in [2.45, 2.75) is 18.9 Å². The smallest absolute Gasteiger partial charge is 0.267 e. The minimum atomic E-state index is -0.387. The molecule has 4 rings (SSSR count). The van der Waals surface area contributed by atoms with E-state index in [-0.39, 0.29) is 11.9 Å². The van der Waals surface area contributed by atoms with Gasteiger partial charge in [0, 0.05) is 18.5 Å². The Bertz CT molecular complexity index is 885. The zero-order chi connectivity index (χ0) is 16.0. The number of hydrogen-bond acceptors (Lipinski definition) is 2. The average Bonchev–Trinajstić information content (AvgIpc) is 3.12. The van der Waals surface area contributed by atoms with Gasteiger partial charge >= 0.3 is 0 Å². The maximum absolute atomic E-state index is 12.2. The van der Waals surface area contributed by atoms with E-state index in [9.17, 15) is 4.79 Å². The molecule has 1 aliphatic carbocycles. The number of hydrogen-bond donors (Lipinski definition) is 2. The highest BCUT2D eigenvalue weighted by atomic mass is 16.1. The predicted octanol–water partition coefficient (Wildman–Crippen LogP) is 3.12. The number of rotatable bonds is 3. The minimum Gasteiger partial charge on any atom is -0.386 e. The van der Waals surface area contributed by atoms with Crippen LogP contribution in [0.25, 0.3) is 10.9 Å². The van der Waals surface area contributed by atoms with Crippen molar-refractivity contribution in [2.75, 3.05) is 12.4 Å². The van der Waals surface area contributed by atoms with E-state index in [4.69, 9.17) is 5.73 Å². The zero-order valence-electron chi connectivity index (χ0n) is 13.0. The molecule has 0 radical (unpaired) electrons. The van der Waals surface area contributed by atoms with E-state index < -0.39 is 0 Å². The van der Waals surface area contributed by atoms with Crippen molar-refractivity contribution >= 4 is 22.5 Å². The standard InChI is InChI=1S/C19H19N3O/c1-21-17-15-8-4-5-9-16(15)22(18(17)19(20)23)14-10-12-6-2-3-7-13(12)11-14/h2-9,14,21H,10-11H2,1H3,(H2,20,23). The Morgan fingerprint density at radius 1 is 1.09 bits per heavy atom. The molecule has 0 bridgehead atoms. The van der Waals surface area contributed by atoms with Gasteiger partial charge in [-0.05, 0) is 30.0 Å². The summed E-state index contributed by atoms with van der Waals surface area (Å²) in [4.78, 5) is 12.2. The molecule has 0 fully saturated rings. The van der Waals surface area contributed by atoms with Gasteiger partial charge in [-0.2, -0.15) is 0 Å². The number of fused-ring (bicyclic) bond motifs is 2. The highest BCUT2D eigenvalue weighted by Gasteiger charge is 2.29. The lowest BCUT2D eigenvalue weighted by Crippen LogP contribution is -2.21. The molecule has 0 spiro atoms. The number of benzene rings is 2. The van der Waals surface area contributed by atoms with Gasteiger partial charge in [0.1, 0.15) is 5.69 Å². The van der Waals surface area contributed by atoms with E-state index in [1.54, 1.807) is 0 Å². The highest BCUT2D eigenvalue weighted by Crippen LogP contribution is 2.38. The number of nitrogens with zero attached hydrogens (tertiary/aromatic N) is 1. The van der Waals surface area contributed by atoms with Gasteiger partial charge in [0.25, 0.3) is 5.91 Å². The number of amides is 1. The van der Waals surface area contributed by atoms with Crippen molar-refractivity contribution in [3.05, 3.63) is 65.4 Å². The van der Waals surface area contributed by atoms with Crippen LogP contribution < -0.4 is 11.1 Å². The normalized spacial score (nSPS) is 14.1. The van der Waals surface area contributed by atoms with Crippen LogP contribution >= 0.6 is 0 Å². The Labute approximate surface area is 134 Å². The zero-order valence-corrected chi connectivity index (χ0v) is 13.0. The molecule has 2 aromatic carbocycles. The third kappa shape index (κ3) is 2.02. The summed E-state index contributed by atoms with van der Waals surface area (Å²) in [5.41, 5.74) is 10.9. The lowest BCUT2D eigenvalue weighted by Gasteiger charge is -2.17. The van der Waals surface area contributed by atoms with Gasteiger partial charge in [0.05, 0.1) is 11.2 Å². The summed E-state index contributed by atoms with van der Waals surface area (Å²) in [6, 6.07) is 16.8. The molecular weight excluding hydrogens is 286 g/mol. The SMILES string of the molecule is CNc1c(C(N)=O)n(C2Cc3ccccc3C2)c2ccccc12. The molecule has 3 N–H and O–H groups in total. The molecule has 1 amide bonds. The van der Waals surface area contributed by atoms with Gasteiger partial charge in [0.15, 0.2) is 0 Å². The van der Waals surface area contributed by atoms with Crippen molar-refractivity contribution in [1.82, 2.24) is 4.57 Å². The van der Waals surface area contributed by atoms with Crippen LogP contribution in [-0.2, 0) is 12.8 Å².